The Balaban J connectivity index is 2.71. The lowest BCUT2D eigenvalue weighted by Crippen LogP contribution is -1.95. The summed E-state index contributed by atoms with van der Waals surface area (Å²) in [5.41, 5.74) is 8.89. The molecule has 0 bridgehead atoms. The van der Waals surface area contributed by atoms with Gasteiger partial charge < -0.3 is 5.73 Å². The lowest BCUT2D eigenvalue weighted by atomic mass is 10.0. The molecule has 0 radical (unpaired) electrons. The van der Waals surface area contributed by atoms with Crippen LogP contribution < -0.4 is 5.73 Å². The highest BCUT2D eigenvalue weighted by Gasteiger charge is 2.06. The molecule has 3 nitrogen and oxygen atoms in total. The molecule has 80 valence electrons. The number of nitrogen functional groups attached to an aromatic ring is 1. The number of fused-ring (bicyclic) bond motifs is 1. The Labute approximate surface area is 94.5 Å². The van der Waals surface area contributed by atoms with E-state index in [1.807, 2.05) is 24.3 Å². The van der Waals surface area contributed by atoms with Gasteiger partial charge in [-0.3, -0.25) is 0 Å². The van der Waals surface area contributed by atoms with Crippen molar-refractivity contribution in [2.45, 2.75) is 19.8 Å². The summed E-state index contributed by atoms with van der Waals surface area (Å²) in [5.74, 6) is 0.458. The van der Waals surface area contributed by atoms with E-state index in [1.54, 1.807) is 6.07 Å². The Morgan fingerprint density at radius 3 is 2.69 bits per heavy atom. The van der Waals surface area contributed by atoms with Crippen LogP contribution in [0.15, 0.2) is 24.3 Å². The van der Waals surface area contributed by atoms with E-state index in [0.717, 1.165) is 10.9 Å². The van der Waals surface area contributed by atoms with Crippen LogP contribution in [-0.4, -0.2) is 4.98 Å². The summed E-state index contributed by atoms with van der Waals surface area (Å²) in [4.78, 5) is 4.21. The zero-order chi connectivity index (χ0) is 11.7. The number of hydrogen-bond acceptors (Lipinski definition) is 3. The van der Waals surface area contributed by atoms with Crippen molar-refractivity contribution in [3.8, 4) is 6.07 Å². The SMILES string of the molecule is CC(C)c1ccc2nc(C#N)cc(N)c2c1. The predicted molar refractivity (Wildman–Crippen MR) is 65.0 cm³/mol. The van der Waals surface area contributed by atoms with Crippen molar-refractivity contribution < 1.29 is 0 Å². The van der Waals surface area contributed by atoms with Crippen LogP contribution in [0.4, 0.5) is 5.69 Å². The molecule has 0 spiro atoms. The van der Waals surface area contributed by atoms with Crippen molar-refractivity contribution in [2.75, 3.05) is 5.73 Å². The molecule has 1 aromatic carbocycles. The van der Waals surface area contributed by atoms with E-state index in [4.69, 9.17) is 11.0 Å². The van der Waals surface area contributed by atoms with E-state index >= 15 is 0 Å². The predicted octanol–water partition coefficient (Wildman–Crippen LogP) is 2.81. The third-order valence-corrected chi connectivity index (χ3v) is 2.65. The Morgan fingerprint density at radius 2 is 2.06 bits per heavy atom. The van der Waals surface area contributed by atoms with Crippen LogP contribution in [-0.2, 0) is 0 Å². The minimum atomic E-state index is 0.363. The fraction of sp³-hybridized carbons (Fsp3) is 0.231. The number of pyridine rings is 1. The van der Waals surface area contributed by atoms with E-state index in [-0.39, 0.29) is 0 Å². The number of nitrogens with zero attached hydrogens (tertiary/aromatic N) is 2. The number of nitrogens with two attached hydrogens (primary N) is 1. The van der Waals surface area contributed by atoms with Crippen LogP contribution >= 0.6 is 0 Å². The van der Waals surface area contributed by atoms with Gasteiger partial charge in [-0.1, -0.05) is 19.9 Å². The summed E-state index contributed by atoms with van der Waals surface area (Å²) in [6.45, 7) is 4.27. The van der Waals surface area contributed by atoms with Gasteiger partial charge in [-0.25, -0.2) is 4.98 Å². The standard InChI is InChI=1S/C13H13N3/c1-8(2)9-3-4-13-11(5-9)12(15)6-10(7-14)16-13/h3-6,8H,1-2H3,(H2,15,16). The Morgan fingerprint density at radius 1 is 1.31 bits per heavy atom. The minimum Gasteiger partial charge on any atom is -0.398 e. The van der Waals surface area contributed by atoms with E-state index in [2.05, 4.69) is 18.8 Å². The van der Waals surface area contributed by atoms with Crippen molar-refractivity contribution in [1.82, 2.24) is 4.98 Å². The molecule has 0 saturated carbocycles. The average molecular weight is 211 g/mol. The van der Waals surface area contributed by atoms with Crippen molar-refractivity contribution in [2.24, 2.45) is 0 Å². The van der Waals surface area contributed by atoms with E-state index in [0.29, 0.717) is 17.3 Å². The van der Waals surface area contributed by atoms with Crippen molar-refractivity contribution in [1.29, 1.82) is 5.26 Å². The molecule has 1 aromatic heterocycles. The highest BCUT2D eigenvalue weighted by Crippen LogP contribution is 2.25. The topological polar surface area (TPSA) is 62.7 Å². The Hall–Kier alpha value is -2.08. The lowest BCUT2D eigenvalue weighted by molar-refractivity contribution is 0.868. The number of nitriles is 1. The summed E-state index contributed by atoms with van der Waals surface area (Å²) >= 11 is 0. The molecule has 0 fully saturated rings. The third-order valence-electron chi connectivity index (χ3n) is 2.65. The van der Waals surface area contributed by atoms with Gasteiger partial charge in [0.2, 0.25) is 0 Å². The number of benzene rings is 1. The maximum Gasteiger partial charge on any atom is 0.143 e. The van der Waals surface area contributed by atoms with Crippen LogP contribution in [0.5, 0.6) is 0 Å². The van der Waals surface area contributed by atoms with Gasteiger partial charge in [0, 0.05) is 11.1 Å². The summed E-state index contributed by atoms with van der Waals surface area (Å²) in [5, 5.41) is 9.72. The normalized spacial score (nSPS) is 10.6. The highest BCUT2D eigenvalue weighted by molar-refractivity contribution is 5.91. The van der Waals surface area contributed by atoms with Crippen LogP contribution in [0.1, 0.15) is 31.0 Å². The fourth-order valence-corrected chi connectivity index (χ4v) is 1.69. The molecule has 0 unspecified atom stereocenters. The summed E-state index contributed by atoms with van der Waals surface area (Å²) < 4.78 is 0. The molecule has 2 rings (SSSR count). The molecule has 1 heterocycles. The monoisotopic (exact) mass is 211 g/mol. The maximum absolute atomic E-state index is 8.80. The van der Waals surface area contributed by atoms with Gasteiger partial charge in [0.25, 0.3) is 0 Å². The van der Waals surface area contributed by atoms with Crippen molar-refractivity contribution in [3.05, 3.63) is 35.5 Å². The second-order valence-corrected chi connectivity index (χ2v) is 4.14. The molecule has 0 aliphatic rings. The van der Waals surface area contributed by atoms with Crippen LogP contribution in [0.3, 0.4) is 0 Å². The van der Waals surface area contributed by atoms with Gasteiger partial charge in [-0.05, 0) is 29.7 Å². The first kappa shape index (κ1) is 10.4. The van der Waals surface area contributed by atoms with Gasteiger partial charge in [0.1, 0.15) is 11.8 Å². The molecule has 2 N–H and O–H groups in total. The van der Waals surface area contributed by atoms with Gasteiger partial charge in [-0.15, -0.1) is 0 Å². The molecule has 0 saturated heterocycles. The maximum atomic E-state index is 8.80. The molecule has 0 amide bonds. The molecular formula is C13H13N3. The second kappa shape index (κ2) is 3.82. The molecule has 16 heavy (non-hydrogen) atoms. The van der Waals surface area contributed by atoms with Gasteiger partial charge in [0.15, 0.2) is 0 Å². The van der Waals surface area contributed by atoms with Gasteiger partial charge in [0.05, 0.1) is 5.52 Å². The van der Waals surface area contributed by atoms with Gasteiger partial charge in [-0.2, -0.15) is 5.26 Å². The van der Waals surface area contributed by atoms with E-state index in [1.165, 1.54) is 5.56 Å². The molecule has 3 heteroatoms. The molecular weight excluding hydrogens is 198 g/mol. The minimum absolute atomic E-state index is 0.363. The average Bonchev–Trinajstić information content (AvgIpc) is 2.28. The van der Waals surface area contributed by atoms with Gasteiger partial charge >= 0.3 is 0 Å². The number of aromatic nitrogens is 1. The smallest absolute Gasteiger partial charge is 0.143 e. The van der Waals surface area contributed by atoms with Crippen molar-refractivity contribution >= 4 is 16.6 Å². The molecule has 2 aromatic rings. The van der Waals surface area contributed by atoms with Crippen molar-refractivity contribution in [3.63, 3.8) is 0 Å². The number of anilines is 1. The fourth-order valence-electron chi connectivity index (χ4n) is 1.69. The number of hydrogen-bond donors (Lipinski definition) is 1. The molecule has 0 atom stereocenters. The first-order valence-electron chi connectivity index (χ1n) is 5.22. The van der Waals surface area contributed by atoms with E-state index < -0.39 is 0 Å². The zero-order valence-corrected chi connectivity index (χ0v) is 9.36. The molecule has 0 aliphatic heterocycles. The zero-order valence-electron chi connectivity index (χ0n) is 9.36. The Kier molecular flexibility index (Phi) is 2.49. The Bertz CT molecular complexity index is 579. The van der Waals surface area contributed by atoms with Crippen LogP contribution in [0.2, 0.25) is 0 Å². The second-order valence-electron chi connectivity index (χ2n) is 4.14. The summed E-state index contributed by atoms with van der Waals surface area (Å²) in [7, 11) is 0. The van der Waals surface area contributed by atoms with E-state index in [9.17, 15) is 0 Å². The van der Waals surface area contributed by atoms with Crippen LogP contribution in [0.25, 0.3) is 10.9 Å². The third kappa shape index (κ3) is 1.70. The number of rotatable bonds is 1. The first-order valence-corrected chi connectivity index (χ1v) is 5.22. The van der Waals surface area contributed by atoms with Crippen LogP contribution in [0, 0.1) is 11.3 Å². The quantitative estimate of drug-likeness (QED) is 0.788. The highest BCUT2D eigenvalue weighted by atomic mass is 14.7. The largest absolute Gasteiger partial charge is 0.398 e. The lowest BCUT2D eigenvalue weighted by Gasteiger charge is -2.08. The first-order chi connectivity index (χ1) is 7.61. The summed E-state index contributed by atoms with van der Waals surface area (Å²) in [6.07, 6.45) is 0. The molecule has 0 aliphatic carbocycles. The summed E-state index contributed by atoms with van der Waals surface area (Å²) in [6, 6.07) is 9.62.